The Morgan fingerprint density at radius 3 is 2.29 bits per heavy atom. The Morgan fingerprint density at radius 1 is 1.00 bits per heavy atom. The largest absolute Gasteiger partial charge is 0.340 e. The van der Waals surface area contributed by atoms with Crippen LogP contribution in [-0.4, -0.2) is 55.0 Å². The Bertz CT molecular complexity index is 389. The van der Waals surface area contributed by atoms with E-state index in [-0.39, 0.29) is 0 Å². The van der Waals surface area contributed by atoms with Crippen LogP contribution >= 0.6 is 0 Å². The lowest BCUT2D eigenvalue weighted by Crippen LogP contribution is -2.49. The molecule has 21 heavy (non-hydrogen) atoms. The molecule has 4 rings (SSSR count). The molecule has 1 amide bonds. The first-order valence-electron chi connectivity index (χ1n) is 9.01. The second kappa shape index (κ2) is 5.54. The summed E-state index contributed by atoms with van der Waals surface area (Å²) in [5.74, 6) is 4.33. The van der Waals surface area contributed by atoms with E-state index in [0.717, 1.165) is 69.4 Å². The predicted octanol–water partition coefficient (Wildman–Crippen LogP) is 1.16. The molecule has 1 saturated heterocycles. The summed E-state index contributed by atoms with van der Waals surface area (Å²) in [7, 11) is 0. The number of piperazine rings is 1. The van der Waals surface area contributed by atoms with Crippen LogP contribution in [0.15, 0.2) is 0 Å². The van der Waals surface area contributed by atoms with E-state index in [1.54, 1.807) is 0 Å². The third-order valence-electron chi connectivity index (χ3n) is 6.63. The molecule has 4 nitrogen and oxygen atoms in total. The van der Waals surface area contributed by atoms with Crippen molar-refractivity contribution < 1.29 is 4.79 Å². The molecule has 3 saturated carbocycles. The number of rotatable bonds is 5. The molecule has 3 aliphatic carbocycles. The first kappa shape index (κ1) is 14.0. The molecule has 0 aromatic rings. The van der Waals surface area contributed by atoms with E-state index in [4.69, 9.17) is 5.73 Å². The number of nitrogens with two attached hydrogens (primary N) is 1. The van der Waals surface area contributed by atoms with Gasteiger partial charge in [0.2, 0.25) is 5.91 Å². The number of unbranched alkanes of at least 4 members (excludes halogenated alkanes) is 1. The molecule has 4 aliphatic rings. The molecule has 118 valence electrons. The smallest absolute Gasteiger partial charge is 0.226 e. The Balaban J connectivity index is 1.25. The summed E-state index contributed by atoms with van der Waals surface area (Å²) in [6, 6.07) is 0. The summed E-state index contributed by atoms with van der Waals surface area (Å²) in [6.07, 6.45) is 6.57. The van der Waals surface area contributed by atoms with Gasteiger partial charge in [0.05, 0.1) is 0 Å². The van der Waals surface area contributed by atoms with E-state index in [9.17, 15) is 4.79 Å². The van der Waals surface area contributed by atoms with E-state index < -0.39 is 0 Å². The van der Waals surface area contributed by atoms with Crippen molar-refractivity contribution >= 4 is 5.91 Å². The summed E-state index contributed by atoms with van der Waals surface area (Å²) < 4.78 is 0. The Kier molecular flexibility index (Phi) is 3.70. The maximum Gasteiger partial charge on any atom is 0.226 e. The lowest BCUT2D eigenvalue weighted by molar-refractivity contribution is -0.135. The quantitative estimate of drug-likeness (QED) is 0.773. The van der Waals surface area contributed by atoms with Gasteiger partial charge in [-0.25, -0.2) is 0 Å². The molecule has 1 heterocycles. The fraction of sp³-hybridized carbons (Fsp3) is 0.941. The minimum atomic E-state index is 0.431. The number of amides is 1. The molecule has 1 aliphatic heterocycles. The van der Waals surface area contributed by atoms with Crippen molar-refractivity contribution in [3.05, 3.63) is 0 Å². The van der Waals surface area contributed by atoms with Crippen molar-refractivity contribution in [1.29, 1.82) is 0 Å². The van der Waals surface area contributed by atoms with Gasteiger partial charge in [0.1, 0.15) is 0 Å². The van der Waals surface area contributed by atoms with E-state index in [0.29, 0.717) is 11.8 Å². The highest BCUT2D eigenvalue weighted by molar-refractivity contribution is 5.83. The van der Waals surface area contributed by atoms with E-state index in [2.05, 4.69) is 9.80 Å². The SMILES string of the molecule is NCCCCN1CCN(C(=O)C2C3C4CCC(C4)C23)CC1. The van der Waals surface area contributed by atoms with Crippen molar-refractivity contribution in [3.63, 3.8) is 0 Å². The topological polar surface area (TPSA) is 49.6 Å². The van der Waals surface area contributed by atoms with Gasteiger partial charge < -0.3 is 10.6 Å². The summed E-state index contributed by atoms with van der Waals surface area (Å²) in [6.45, 7) is 5.97. The van der Waals surface area contributed by atoms with Gasteiger partial charge >= 0.3 is 0 Å². The van der Waals surface area contributed by atoms with Gasteiger partial charge in [-0.05, 0) is 68.9 Å². The van der Waals surface area contributed by atoms with Crippen LogP contribution in [0.1, 0.15) is 32.1 Å². The van der Waals surface area contributed by atoms with Crippen LogP contribution in [0.4, 0.5) is 0 Å². The third-order valence-corrected chi connectivity index (χ3v) is 6.63. The monoisotopic (exact) mass is 291 g/mol. The zero-order chi connectivity index (χ0) is 14.4. The number of fused-ring (bicyclic) bond motifs is 5. The summed E-state index contributed by atoms with van der Waals surface area (Å²) in [5, 5.41) is 0. The van der Waals surface area contributed by atoms with Gasteiger partial charge in [-0.1, -0.05) is 0 Å². The number of carbonyl (C=O) groups is 1. The molecule has 0 aromatic carbocycles. The fourth-order valence-electron chi connectivity index (χ4n) is 5.54. The Hall–Kier alpha value is -0.610. The molecule has 2 N–H and O–H groups in total. The zero-order valence-corrected chi connectivity index (χ0v) is 13.0. The van der Waals surface area contributed by atoms with E-state index >= 15 is 0 Å². The number of nitrogens with zero attached hydrogens (tertiary/aromatic N) is 2. The molecule has 4 atom stereocenters. The van der Waals surface area contributed by atoms with Crippen molar-refractivity contribution in [2.24, 2.45) is 35.3 Å². The second-order valence-electron chi connectivity index (χ2n) is 7.68. The normalized spacial score (nSPS) is 41.4. The highest BCUT2D eigenvalue weighted by atomic mass is 16.2. The van der Waals surface area contributed by atoms with Crippen molar-refractivity contribution in [2.75, 3.05) is 39.3 Å². The molecule has 0 spiro atoms. The highest BCUT2D eigenvalue weighted by Gasteiger charge is 2.67. The van der Waals surface area contributed by atoms with Crippen molar-refractivity contribution in [3.8, 4) is 0 Å². The number of carbonyl (C=O) groups excluding carboxylic acids is 1. The molecular formula is C17H29N3O. The summed E-state index contributed by atoms with van der Waals surface area (Å²) in [4.78, 5) is 17.4. The zero-order valence-electron chi connectivity index (χ0n) is 13.0. The van der Waals surface area contributed by atoms with Crippen LogP contribution in [-0.2, 0) is 4.79 Å². The second-order valence-corrected chi connectivity index (χ2v) is 7.68. The van der Waals surface area contributed by atoms with Crippen LogP contribution in [0.2, 0.25) is 0 Å². The molecular weight excluding hydrogens is 262 g/mol. The summed E-state index contributed by atoms with van der Waals surface area (Å²) in [5.41, 5.74) is 5.55. The van der Waals surface area contributed by atoms with Gasteiger partial charge in [-0.3, -0.25) is 9.69 Å². The van der Waals surface area contributed by atoms with Gasteiger partial charge in [-0.15, -0.1) is 0 Å². The van der Waals surface area contributed by atoms with Gasteiger partial charge in [0.25, 0.3) is 0 Å². The Labute approximate surface area is 128 Å². The fourth-order valence-corrected chi connectivity index (χ4v) is 5.54. The van der Waals surface area contributed by atoms with Crippen LogP contribution in [0.25, 0.3) is 0 Å². The minimum absolute atomic E-state index is 0.431. The predicted molar refractivity (Wildman–Crippen MR) is 82.6 cm³/mol. The molecule has 4 fully saturated rings. The number of hydrogen-bond acceptors (Lipinski definition) is 3. The molecule has 4 heteroatoms. The van der Waals surface area contributed by atoms with Crippen LogP contribution in [0.3, 0.4) is 0 Å². The molecule has 0 radical (unpaired) electrons. The van der Waals surface area contributed by atoms with Gasteiger partial charge in [-0.2, -0.15) is 0 Å². The molecule has 0 aromatic heterocycles. The number of hydrogen-bond donors (Lipinski definition) is 1. The molecule has 4 unspecified atom stereocenters. The highest BCUT2D eigenvalue weighted by Crippen LogP contribution is 2.69. The van der Waals surface area contributed by atoms with Crippen LogP contribution in [0, 0.1) is 29.6 Å². The summed E-state index contributed by atoms with van der Waals surface area (Å²) >= 11 is 0. The van der Waals surface area contributed by atoms with Crippen LogP contribution in [0.5, 0.6) is 0 Å². The Morgan fingerprint density at radius 2 is 1.67 bits per heavy atom. The minimum Gasteiger partial charge on any atom is -0.340 e. The maximum absolute atomic E-state index is 12.8. The third kappa shape index (κ3) is 2.40. The lowest BCUT2D eigenvalue weighted by Gasteiger charge is -2.35. The standard InChI is InChI=1S/C17H29N3O/c18-5-1-2-6-19-7-9-20(10-8-19)17(21)16-14-12-3-4-13(11-12)15(14)16/h12-16H,1-11,18H2. The van der Waals surface area contributed by atoms with Crippen molar-refractivity contribution in [2.45, 2.75) is 32.1 Å². The first-order chi connectivity index (χ1) is 10.3. The van der Waals surface area contributed by atoms with Gasteiger partial charge in [0, 0.05) is 32.1 Å². The maximum atomic E-state index is 12.8. The van der Waals surface area contributed by atoms with Crippen LogP contribution < -0.4 is 5.73 Å². The van der Waals surface area contributed by atoms with E-state index in [1.807, 2.05) is 0 Å². The van der Waals surface area contributed by atoms with E-state index in [1.165, 1.54) is 25.7 Å². The van der Waals surface area contributed by atoms with Gasteiger partial charge in [0.15, 0.2) is 0 Å². The average Bonchev–Trinajstić information content (AvgIpc) is 2.94. The van der Waals surface area contributed by atoms with Crippen molar-refractivity contribution in [1.82, 2.24) is 9.80 Å². The molecule has 2 bridgehead atoms. The lowest BCUT2D eigenvalue weighted by atomic mass is 10.0. The first-order valence-corrected chi connectivity index (χ1v) is 9.01. The average molecular weight is 291 g/mol.